The van der Waals surface area contributed by atoms with E-state index in [2.05, 4.69) is 17.4 Å². The molecule has 0 bridgehead atoms. The van der Waals surface area contributed by atoms with E-state index in [1.54, 1.807) is 0 Å². The standard InChI is InChI=1S/C15H17NO/c17-15-6-5-12(11-7-9-16-10-8-11)13-3-1-2-4-14(13)15/h1-6,11,16-17H,7-10H2. The monoisotopic (exact) mass is 227 g/mol. The fraction of sp³-hybridized carbons (Fsp3) is 0.333. The van der Waals surface area contributed by atoms with E-state index < -0.39 is 0 Å². The van der Waals surface area contributed by atoms with Crippen LogP contribution in [-0.4, -0.2) is 18.2 Å². The zero-order chi connectivity index (χ0) is 11.7. The minimum Gasteiger partial charge on any atom is -0.507 e. The van der Waals surface area contributed by atoms with Crippen molar-refractivity contribution in [3.05, 3.63) is 42.0 Å². The minimum absolute atomic E-state index is 0.387. The van der Waals surface area contributed by atoms with Crippen molar-refractivity contribution in [1.29, 1.82) is 0 Å². The third-order valence-electron chi connectivity index (χ3n) is 3.71. The third kappa shape index (κ3) is 1.89. The molecule has 0 aromatic heterocycles. The SMILES string of the molecule is Oc1ccc(C2CCNCC2)c2ccccc12. The lowest BCUT2D eigenvalue weighted by Crippen LogP contribution is -2.26. The topological polar surface area (TPSA) is 32.3 Å². The van der Waals surface area contributed by atoms with Crippen LogP contribution < -0.4 is 5.32 Å². The molecule has 2 nitrogen and oxygen atoms in total. The Balaban J connectivity index is 2.12. The molecule has 1 saturated heterocycles. The van der Waals surface area contributed by atoms with E-state index in [0.717, 1.165) is 18.5 Å². The molecule has 1 aliphatic heterocycles. The lowest BCUT2D eigenvalue weighted by molar-refractivity contribution is 0.460. The van der Waals surface area contributed by atoms with Gasteiger partial charge < -0.3 is 10.4 Å². The van der Waals surface area contributed by atoms with Crippen molar-refractivity contribution in [3.8, 4) is 5.75 Å². The number of nitrogens with one attached hydrogen (secondary N) is 1. The molecule has 0 unspecified atom stereocenters. The molecule has 0 radical (unpaired) electrons. The van der Waals surface area contributed by atoms with Crippen molar-refractivity contribution < 1.29 is 5.11 Å². The normalized spacial score (nSPS) is 17.4. The molecule has 88 valence electrons. The van der Waals surface area contributed by atoms with Crippen molar-refractivity contribution >= 4 is 10.8 Å². The first-order valence-corrected chi connectivity index (χ1v) is 6.27. The van der Waals surface area contributed by atoms with Crippen LogP contribution in [0.4, 0.5) is 0 Å². The van der Waals surface area contributed by atoms with Gasteiger partial charge in [-0.2, -0.15) is 0 Å². The summed E-state index contributed by atoms with van der Waals surface area (Å²) in [4.78, 5) is 0. The van der Waals surface area contributed by atoms with Gasteiger partial charge in [-0.05, 0) is 48.9 Å². The first-order chi connectivity index (χ1) is 8.36. The number of phenols is 1. The Kier molecular flexibility index (Phi) is 2.73. The fourth-order valence-electron chi connectivity index (χ4n) is 2.80. The van der Waals surface area contributed by atoms with Gasteiger partial charge in [-0.25, -0.2) is 0 Å². The summed E-state index contributed by atoms with van der Waals surface area (Å²) in [6.07, 6.45) is 2.38. The molecular formula is C15H17NO. The predicted molar refractivity (Wildman–Crippen MR) is 70.5 cm³/mol. The summed E-state index contributed by atoms with van der Waals surface area (Å²) in [6.45, 7) is 2.19. The largest absolute Gasteiger partial charge is 0.507 e. The maximum atomic E-state index is 9.88. The summed E-state index contributed by atoms with van der Waals surface area (Å²) in [7, 11) is 0. The highest BCUT2D eigenvalue weighted by Crippen LogP contribution is 2.34. The quantitative estimate of drug-likeness (QED) is 0.785. The molecule has 0 amide bonds. The van der Waals surface area contributed by atoms with E-state index in [1.165, 1.54) is 23.8 Å². The average Bonchev–Trinajstić information content (AvgIpc) is 2.41. The molecule has 3 rings (SSSR count). The molecule has 2 N–H and O–H groups in total. The summed E-state index contributed by atoms with van der Waals surface area (Å²) in [6, 6.07) is 12.1. The van der Waals surface area contributed by atoms with Gasteiger partial charge in [0.15, 0.2) is 0 Å². The van der Waals surface area contributed by atoms with Crippen LogP contribution in [-0.2, 0) is 0 Å². The molecule has 2 aromatic carbocycles. The van der Waals surface area contributed by atoms with E-state index in [9.17, 15) is 5.11 Å². The second kappa shape index (κ2) is 4.38. The highest BCUT2D eigenvalue weighted by Gasteiger charge is 2.17. The maximum Gasteiger partial charge on any atom is 0.123 e. The van der Waals surface area contributed by atoms with Crippen LogP contribution in [0.5, 0.6) is 5.75 Å². The maximum absolute atomic E-state index is 9.88. The second-order valence-electron chi connectivity index (χ2n) is 4.74. The Morgan fingerprint density at radius 3 is 2.41 bits per heavy atom. The van der Waals surface area contributed by atoms with E-state index in [-0.39, 0.29) is 0 Å². The number of piperidine rings is 1. The van der Waals surface area contributed by atoms with Crippen LogP contribution in [0.3, 0.4) is 0 Å². The van der Waals surface area contributed by atoms with Gasteiger partial charge in [0.1, 0.15) is 5.75 Å². The van der Waals surface area contributed by atoms with Gasteiger partial charge in [-0.1, -0.05) is 30.3 Å². The first kappa shape index (κ1) is 10.6. The number of phenolic OH excluding ortho intramolecular Hbond substituents is 1. The molecule has 1 heterocycles. The van der Waals surface area contributed by atoms with E-state index >= 15 is 0 Å². The number of benzene rings is 2. The molecule has 2 heteroatoms. The van der Waals surface area contributed by atoms with Crippen molar-refractivity contribution in [2.75, 3.05) is 13.1 Å². The molecule has 1 aliphatic rings. The summed E-state index contributed by atoms with van der Waals surface area (Å²) >= 11 is 0. The number of hydrogen-bond acceptors (Lipinski definition) is 2. The lowest BCUT2D eigenvalue weighted by atomic mass is 9.87. The zero-order valence-electron chi connectivity index (χ0n) is 9.82. The number of aromatic hydroxyl groups is 1. The smallest absolute Gasteiger partial charge is 0.123 e. The summed E-state index contributed by atoms with van der Waals surface area (Å²) < 4.78 is 0. The molecular weight excluding hydrogens is 210 g/mol. The minimum atomic E-state index is 0.387. The molecule has 0 spiro atoms. The van der Waals surface area contributed by atoms with Crippen LogP contribution in [0.2, 0.25) is 0 Å². The van der Waals surface area contributed by atoms with Gasteiger partial charge in [0, 0.05) is 5.39 Å². The highest BCUT2D eigenvalue weighted by atomic mass is 16.3. The summed E-state index contributed by atoms with van der Waals surface area (Å²) in [5.41, 5.74) is 1.39. The fourth-order valence-corrected chi connectivity index (χ4v) is 2.80. The van der Waals surface area contributed by atoms with E-state index in [4.69, 9.17) is 0 Å². The van der Waals surface area contributed by atoms with Gasteiger partial charge in [0.25, 0.3) is 0 Å². The number of hydrogen-bond donors (Lipinski definition) is 2. The van der Waals surface area contributed by atoms with Gasteiger partial charge in [0.05, 0.1) is 0 Å². The van der Waals surface area contributed by atoms with E-state index in [0.29, 0.717) is 11.7 Å². The van der Waals surface area contributed by atoms with Crippen LogP contribution in [0, 0.1) is 0 Å². The van der Waals surface area contributed by atoms with Gasteiger partial charge >= 0.3 is 0 Å². The van der Waals surface area contributed by atoms with E-state index in [1.807, 2.05) is 24.3 Å². The Morgan fingerprint density at radius 1 is 0.941 bits per heavy atom. The van der Waals surface area contributed by atoms with Crippen LogP contribution in [0.25, 0.3) is 10.8 Å². The van der Waals surface area contributed by atoms with Gasteiger partial charge in [-0.3, -0.25) is 0 Å². The first-order valence-electron chi connectivity index (χ1n) is 6.27. The Bertz CT molecular complexity index is 529. The van der Waals surface area contributed by atoms with Crippen LogP contribution >= 0.6 is 0 Å². The third-order valence-corrected chi connectivity index (χ3v) is 3.71. The molecule has 0 atom stereocenters. The summed E-state index contributed by atoms with van der Waals surface area (Å²) in [5.74, 6) is 1.01. The number of fused-ring (bicyclic) bond motifs is 1. The van der Waals surface area contributed by atoms with Crippen molar-refractivity contribution in [2.24, 2.45) is 0 Å². The molecule has 1 fully saturated rings. The lowest BCUT2D eigenvalue weighted by Gasteiger charge is -2.24. The summed E-state index contributed by atoms with van der Waals surface area (Å²) in [5, 5.41) is 15.5. The second-order valence-corrected chi connectivity index (χ2v) is 4.74. The van der Waals surface area contributed by atoms with Crippen molar-refractivity contribution in [1.82, 2.24) is 5.32 Å². The zero-order valence-corrected chi connectivity index (χ0v) is 9.82. The Hall–Kier alpha value is -1.54. The highest BCUT2D eigenvalue weighted by molar-refractivity contribution is 5.91. The number of rotatable bonds is 1. The van der Waals surface area contributed by atoms with Crippen molar-refractivity contribution in [2.45, 2.75) is 18.8 Å². The average molecular weight is 227 g/mol. The Labute approximate surface area is 101 Å². The molecule has 2 aromatic rings. The van der Waals surface area contributed by atoms with Crippen molar-refractivity contribution in [3.63, 3.8) is 0 Å². The molecule has 17 heavy (non-hydrogen) atoms. The van der Waals surface area contributed by atoms with Crippen LogP contribution in [0.1, 0.15) is 24.3 Å². The molecule has 0 saturated carbocycles. The van der Waals surface area contributed by atoms with Gasteiger partial charge in [-0.15, -0.1) is 0 Å². The Morgan fingerprint density at radius 2 is 1.65 bits per heavy atom. The predicted octanol–water partition coefficient (Wildman–Crippen LogP) is 3.01. The molecule has 0 aliphatic carbocycles. The van der Waals surface area contributed by atoms with Gasteiger partial charge in [0.2, 0.25) is 0 Å². The van der Waals surface area contributed by atoms with Crippen LogP contribution in [0.15, 0.2) is 36.4 Å².